The zero-order valence-electron chi connectivity index (χ0n) is 9.44. The van der Waals surface area contributed by atoms with Gasteiger partial charge in [-0.25, -0.2) is 4.79 Å². The fourth-order valence-corrected chi connectivity index (χ4v) is 0.892. The van der Waals surface area contributed by atoms with Gasteiger partial charge in [-0.2, -0.15) is 0 Å². The molecule has 0 amide bonds. The van der Waals surface area contributed by atoms with Gasteiger partial charge in [0.05, 0.1) is 6.61 Å². The van der Waals surface area contributed by atoms with E-state index in [1.807, 2.05) is 13.8 Å². The molecule has 15 heavy (non-hydrogen) atoms. The van der Waals surface area contributed by atoms with E-state index in [2.05, 4.69) is 0 Å². The number of carbonyl (C=O) groups excluding carboxylic acids is 1. The molecule has 0 rings (SSSR count). The van der Waals surface area contributed by atoms with Crippen molar-refractivity contribution in [3.8, 4) is 0 Å². The molecular weight excluding hydrogens is 198 g/mol. The lowest BCUT2D eigenvalue weighted by Crippen LogP contribution is -2.27. The van der Waals surface area contributed by atoms with Crippen molar-refractivity contribution in [2.75, 3.05) is 26.4 Å². The minimum absolute atomic E-state index is 0.174. The Morgan fingerprint density at radius 1 is 1.40 bits per heavy atom. The Morgan fingerprint density at radius 3 is 2.60 bits per heavy atom. The van der Waals surface area contributed by atoms with Crippen LogP contribution >= 0.6 is 0 Å². The smallest absolute Gasteiger partial charge is 0.335 e. The molecule has 0 radical (unpaired) electrons. The minimum atomic E-state index is -1.11. The van der Waals surface area contributed by atoms with Crippen LogP contribution in [0.3, 0.4) is 0 Å². The lowest BCUT2D eigenvalue weighted by Gasteiger charge is -2.10. The standard InChI is InChI=1S/C10H21NO4/c1-8(2)7-14-5-6-15-10(13)9(12)3-4-11/h8-9,12H,3-7,11H2,1-2H3. The van der Waals surface area contributed by atoms with Crippen LogP contribution in [-0.4, -0.2) is 43.5 Å². The Hall–Kier alpha value is -0.650. The molecule has 3 N–H and O–H groups in total. The first-order valence-corrected chi connectivity index (χ1v) is 5.20. The van der Waals surface area contributed by atoms with Crippen LogP contribution in [0, 0.1) is 5.92 Å². The molecule has 1 unspecified atom stereocenters. The number of aliphatic hydroxyl groups excluding tert-OH is 1. The number of esters is 1. The van der Waals surface area contributed by atoms with Crippen LogP contribution in [-0.2, 0) is 14.3 Å². The highest BCUT2D eigenvalue weighted by atomic mass is 16.6. The summed E-state index contributed by atoms with van der Waals surface area (Å²) in [4.78, 5) is 11.0. The summed E-state index contributed by atoms with van der Waals surface area (Å²) in [7, 11) is 0. The van der Waals surface area contributed by atoms with Crippen LogP contribution in [0.5, 0.6) is 0 Å². The topological polar surface area (TPSA) is 81.8 Å². The number of carbonyl (C=O) groups is 1. The summed E-state index contributed by atoms with van der Waals surface area (Å²) in [5, 5.41) is 9.17. The van der Waals surface area contributed by atoms with Gasteiger partial charge in [0.15, 0.2) is 6.10 Å². The number of ether oxygens (including phenoxy) is 2. The Labute approximate surface area is 90.5 Å². The zero-order valence-corrected chi connectivity index (χ0v) is 9.44. The molecule has 5 heteroatoms. The van der Waals surface area contributed by atoms with E-state index < -0.39 is 12.1 Å². The molecule has 0 spiro atoms. The van der Waals surface area contributed by atoms with Crippen molar-refractivity contribution in [1.82, 2.24) is 0 Å². The SMILES string of the molecule is CC(C)COCCOC(=O)C(O)CCN. The maximum absolute atomic E-state index is 11.0. The van der Waals surface area contributed by atoms with E-state index >= 15 is 0 Å². The van der Waals surface area contributed by atoms with Gasteiger partial charge >= 0.3 is 5.97 Å². The molecule has 0 fully saturated rings. The van der Waals surface area contributed by atoms with E-state index in [0.717, 1.165) is 0 Å². The molecule has 0 aromatic rings. The van der Waals surface area contributed by atoms with E-state index in [1.165, 1.54) is 0 Å². The number of hydrogen-bond acceptors (Lipinski definition) is 5. The maximum atomic E-state index is 11.0. The molecule has 1 atom stereocenters. The van der Waals surface area contributed by atoms with Crippen LogP contribution in [0.2, 0.25) is 0 Å². The first-order chi connectivity index (χ1) is 7.07. The fourth-order valence-electron chi connectivity index (χ4n) is 0.892. The Kier molecular flexibility index (Phi) is 8.27. The second-order valence-electron chi connectivity index (χ2n) is 3.73. The van der Waals surface area contributed by atoms with Crippen molar-refractivity contribution in [1.29, 1.82) is 0 Å². The molecule has 0 aromatic heterocycles. The molecule has 0 saturated heterocycles. The molecule has 0 aromatic carbocycles. The number of hydrogen-bond donors (Lipinski definition) is 2. The molecule has 5 nitrogen and oxygen atoms in total. The third-order valence-electron chi connectivity index (χ3n) is 1.64. The predicted octanol–water partition coefficient (Wildman–Crippen LogP) is -0.0881. The molecule has 0 aliphatic heterocycles. The van der Waals surface area contributed by atoms with Gasteiger partial charge < -0.3 is 20.3 Å². The summed E-state index contributed by atoms with van der Waals surface area (Å²) < 4.78 is 9.97. The van der Waals surface area contributed by atoms with Crippen LogP contribution in [0.15, 0.2) is 0 Å². The van der Waals surface area contributed by atoms with Crippen molar-refractivity contribution in [3.05, 3.63) is 0 Å². The van der Waals surface area contributed by atoms with E-state index in [-0.39, 0.29) is 19.6 Å². The average Bonchev–Trinajstić information content (AvgIpc) is 2.16. The first-order valence-electron chi connectivity index (χ1n) is 5.20. The zero-order chi connectivity index (χ0) is 11.7. The van der Waals surface area contributed by atoms with Crippen molar-refractivity contribution in [2.24, 2.45) is 11.7 Å². The second kappa shape index (κ2) is 8.64. The Morgan fingerprint density at radius 2 is 2.07 bits per heavy atom. The van der Waals surface area contributed by atoms with Gasteiger partial charge in [0, 0.05) is 6.61 Å². The monoisotopic (exact) mass is 219 g/mol. The molecule has 0 aliphatic rings. The van der Waals surface area contributed by atoms with Crippen LogP contribution in [0.25, 0.3) is 0 Å². The van der Waals surface area contributed by atoms with E-state index in [9.17, 15) is 4.79 Å². The van der Waals surface area contributed by atoms with Crippen LogP contribution in [0.4, 0.5) is 0 Å². The van der Waals surface area contributed by atoms with E-state index in [0.29, 0.717) is 19.1 Å². The summed E-state index contributed by atoms with van der Waals surface area (Å²) >= 11 is 0. The number of aliphatic hydroxyl groups is 1. The summed E-state index contributed by atoms with van der Waals surface area (Å²) in [6, 6.07) is 0. The van der Waals surface area contributed by atoms with Crippen LogP contribution in [0.1, 0.15) is 20.3 Å². The average molecular weight is 219 g/mol. The summed E-state index contributed by atoms with van der Waals surface area (Å²) in [6.45, 7) is 5.52. The molecular formula is C10H21NO4. The summed E-state index contributed by atoms with van der Waals surface area (Å²) in [5.74, 6) is -0.169. The number of rotatable bonds is 8. The van der Waals surface area contributed by atoms with Gasteiger partial charge in [0.1, 0.15) is 6.61 Å². The third kappa shape index (κ3) is 8.35. The first kappa shape index (κ1) is 14.3. The normalized spacial score (nSPS) is 12.9. The highest BCUT2D eigenvalue weighted by Gasteiger charge is 2.14. The Balaban J connectivity index is 3.38. The fraction of sp³-hybridized carbons (Fsp3) is 0.900. The predicted molar refractivity (Wildman–Crippen MR) is 56.3 cm³/mol. The molecule has 0 bridgehead atoms. The van der Waals surface area contributed by atoms with Gasteiger partial charge in [-0.15, -0.1) is 0 Å². The lowest BCUT2D eigenvalue weighted by atomic mass is 10.2. The lowest BCUT2D eigenvalue weighted by molar-refractivity contribution is -0.155. The van der Waals surface area contributed by atoms with Gasteiger partial charge in [-0.3, -0.25) is 0 Å². The summed E-state index contributed by atoms with van der Waals surface area (Å²) in [5.41, 5.74) is 5.18. The Bertz CT molecular complexity index is 173. The highest BCUT2D eigenvalue weighted by molar-refractivity contribution is 5.74. The quantitative estimate of drug-likeness (QED) is 0.440. The number of nitrogens with two attached hydrogens (primary N) is 1. The highest BCUT2D eigenvalue weighted by Crippen LogP contribution is 1.95. The van der Waals surface area contributed by atoms with Crippen molar-refractivity contribution >= 4 is 5.97 Å². The van der Waals surface area contributed by atoms with Gasteiger partial charge in [0.25, 0.3) is 0 Å². The third-order valence-corrected chi connectivity index (χ3v) is 1.64. The van der Waals surface area contributed by atoms with Crippen molar-refractivity contribution in [3.63, 3.8) is 0 Å². The van der Waals surface area contributed by atoms with Gasteiger partial charge in [0.2, 0.25) is 0 Å². The largest absolute Gasteiger partial charge is 0.461 e. The van der Waals surface area contributed by atoms with Crippen molar-refractivity contribution < 1.29 is 19.4 Å². The summed E-state index contributed by atoms with van der Waals surface area (Å²) in [6.07, 6.45) is -0.883. The van der Waals surface area contributed by atoms with Crippen molar-refractivity contribution in [2.45, 2.75) is 26.4 Å². The maximum Gasteiger partial charge on any atom is 0.335 e. The molecule has 0 aliphatic carbocycles. The molecule has 90 valence electrons. The second-order valence-corrected chi connectivity index (χ2v) is 3.73. The van der Waals surface area contributed by atoms with E-state index in [1.54, 1.807) is 0 Å². The van der Waals surface area contributed by atoms with E-state index in [4.69, 9.17) is 20.3 Å². The molecule has 0 heterocycles. The van der Waals surface area contributed by atoms with Crippen LogP contribution < -0.4 is 5.73 Å². The van der Waals surface area contributed by atoms with Gasteiger partial charge in [-0.1, -0.05) is 13.8 Å². The van der Waals surface area contributed by atoms with Gasteiger partial charge in [-0.05, 0) is 18.9 Å². The molecule has 0 saturated carbocycles. The minimum Gasteiger partial charge on any atom is -0.461 e.